The van der Waals surface area contributed by atoms with Crippen molar-refractivity contribution in [1.82, 2.24) is 20.9 Å². The molecular weight excluding hydrogens is 344 g/mol. The lowest BCUT2D eigenvalue weighted by Crippen LogP contribution is -2.52. The highest BCUT2D eigenvalue weighted by Gasteiger charge is 2.40. The summed E-state index contributed by atoms with van der Waals surface area (Å²) in [5, 5.41) is 9.63. The van der Waals surface area contributed by atoms with Gasteiger partial charge in [-0.3, -0.25) is 19.7 Å². The number of benzene rings is 1. The standard InChI is InChI=1S/C20H24N4O3/c25-18-6-5-17(19(26)23-18)24-10-12-7-11(1-3-14(12)20(24)27)9-21-16-8-13-2-4-15(16)22-13/h1,3,7,13,15-17,21-22H,2,4-6,8-10H2,(H,23,25,26)/t13-,15+,16-,17?/m1/s1. The van der Waals surface area contributed by atoms with E-state index in [1.54, 1.807) is 4.90 Å². The van der Waals surface area contributed by atoms with Gasteiger partial charge >= 0.3 is 0 Å². The molecule has 3 amide bonds. The molecule has 7 heteroatoms. The van der Waals surface area contributed by atoms with Crippen LogP contribution in [-0.2, 0) is 22.7 Å². The van der Waals surface area contributed by atoms with Crippen LogP contribution in [0.15, 0.2) is 18.2 Å². The zero-order valence-electron chi connectivity index (χ0n) is 15.2. The van der Waals surface area contributed by atoms with E-state index in [1.165, 1.54) is 19.3 Å². The van der Waals surface area contributed by atoms with Crippen molar-refractivity contribution >= 4 is 17.7 Å². The molecule has 4 atom stereocenters. The van der Waals surface area contributed by atoms with Crippen LogP contribution in [0.5, 0.6) is 0 Å². The van der Waals surface area contributed by atoms with Crippen molar-refractivity contribution in [3.63, 3.8) is 0 Å². The molecule has 0 spiro atoms. The fraction of sp³-hybridized carbons (Fsp3) is 0.550. The maximum Gasteiger partial charge on any atom is 0.255 e. The van der Waals surface area contributed by atoms with Crippen LogP contribution in [0.1, 0.15) is 53.6 Å². The van der Waals surface area contributed by atoms with Gasteiger partial charge in [0.25, 0.3) is 5.91 Å². The first-order valence-corrected chi connectivity index (χ1v) is 9.84. The molecule has 3 fully saturated rings. The maximum absolute atomic E-state index is 12.7. The van der Waals surface area contributed by atoms with Crippen LogP contribution < -0.4 is 16.0 Å². The number of piperidine rings is 1. The third kappa shape index (κ3) is 2.95. The minimum Gasteiger partial charge on any atom is -0.322 e. The van der Waals surface area contributed by atoms with Gasteiger partial charge in [0.1, 0.15) is 6.04 Å². The maximum atomic E-state index is 12.7. The highest BCUT2D eigenvalue weighted by atomic mass is 16.2. The lowest BCUT2D eigenvalue weighted by molar-refractivity contribution is -0.136. The fourth-order valence-corrected chi connectivity index (χ4v) is 5.04. The Morgan fingerprint density at radius 3 is 2.78 bits per heavy atom. The Hall–Kier alpha value is -2.25. The Bertz CT molecular complexity index is 823. The summed E-state index contributed by atoms with van der Waals surface area (Å²) in [7, 11) is 0. The van der Waals surface area contributed by atoms with E-state index in [4.69, 9.17) is 0 Å². The Labute approximate surface area is 157 Å². The van der Waals surface area contributed by atoms with Crippen molar-refractivity contribution in [1.29, 1.82) is 0 Å². The van der Waals surface area contributed by atoms with Crippen LogP contribution in [0, 0.1) is 0 Å². The lowest BCUT2D eigenvalue weighted by Gasteiger charge is -2.29. The molecule has 1 unspecified atom stereocenters. The summed E-state index contributed by atoms with van der Waals surface area (Å²) < 4.78 is 0. The number of fused-ring (bicyclic) bond motifs is 3. The molecule has 1 aromatic carbocycles. The van der Waals surface area contributed by atoms with Crippen LogP contribution in [-0.4, -0.2) is 46.8 Å². The zero-order chi connectivity index (χ0) is 18.5. The van der Waals surface area contributed by atoms with E-state index in [2.05, 4.69) is 22.0 Å². The molecule has 0 aliphatic carbocycles. The van der Waals surface area contributed by atoms with Crippen LogP contribution in [0.4, 0.5) is 0 Å². The van der Waals surface area contributed by atoms with Crippen LogP contribution >= 0.6 is 0 Å². The summed E-state index contributed by atoms with van der Waals surface area (Å²) in [4.78, 5) is 37.8. The molecular formula is C20H24N4O3. The predicted molar refractivity (Wildman–Crippen MR) is 97.7 cm³/mol. The second-order valence-corrected chi connectivity index (χ2v) is 8.16. The highest BCUT2D eigenvalue weighted by molar-refractivity contribution is 6.05. The average Bonchev–Trinajstić information content (AvgIpc) is 3.35. The van der Waals surface area contributed by atoms with Gasteiger partial charge in [-0.2, -0.15) is 0 Å². The molecule has 142 valence electrons. The van der Waals surface area contributed by atoms with E-state index >= 15 is 0 Å². The smallest absolute Gasteiger partial charge is 0.255 e. The molecule has 3 saturated heterocycles. The second-order valence-electron chi connectivity index (χ2n) is 8.16. The van der Waals surface area contributed by atoms with E-state index in [0.717, 1.165) is 17.7 Å². The average molecular weight is 368 g/mol. The first-order chi connectivity index (χ1) is 13.1. The minimum absolute atomic E-state index is 0.115. The Kier molecular flexibility index (Phi) is 4.02. The molecule has 0 saturated carbocycles. The Balaban J connectivity index is 1.26. The van der Waals surface area contributed by atoms with Gasteiger partial charge in [-0.15, -0.1) is 0 Å². The van der Waals surface area contributed by atoms with E-state index in [1.807, 2.05) is 12.1 Å². The Morgan fingerprint density at radius 2 is 2.04 bits per heavy atom. The molecule has 5 rings (SSSR count). The number of carbonyl (C=O) groups excluding carboxylic acids is 3. The molecule has 3 N–H and O–H groups in total. The second kappa shape index (κ2) is 6.42. The molecule has 7 nitrogen and oxygen atoms in total. The summed E-state index contributed by atoms with van der Waals surface area (Å²) in [6.07, 6.45) is 4.42. The fourth-order valence-electron chi connectivity index (χ4n) is 5.04. The number of carbonyl (C=O) groups is 3. The van der Waals surface area contributed by atoms with Crippen molar-refractivity contribution < 1.29 is 14.4 Å². The van der Waals surface area contributed by atoms with E-state index in [0.29, 0.717) is 36.7 Å². The number of nitrogens with zero attached hydrogens (tertiary/aromatic N) is 1. The number of rotatable bonds is 4. The number of nitrogens with one attached hydrogen (secondary N) is 3. The summed E-state index contributed by atoms with van der Waals surface area (Å²) >= 11 is 0. The highest BCUT2D eigenvalue weighted by Crippen LogP contribution is 2.30. The van der Waals surface area contributed by atoms with Crippen molar-refractivity contribution in [2.45, 2.75) is 69.4 Å². The van der Waals surface area contributed by atoms with Crippen molar-refractivity contribution in [2.75, 3.05) is 0 Å². The number of hydrogen-bond acceptors (Lipinski definition) is 5. The van der Waals surface area contributed by atoms with Gasteiger partial charge in [-0.1, -0.05) is 12.1 Å². The van der Waals surface area contributed by atoms with Crippen molar-refractivity contribution in [3.8, 4) is 0 Å². The predicted octanol–water partition coefficient (Wildman–Crippen LogP) is 0.430. The van der Waals surface area contributed by atoms with E-state index in [-0.39, 0.29) is 24.1 Å². The van der Waals surface area contributed by atoms with Gasteiger partial charge in [-0.25, -0.2) is 0 Å². The molecule has 1 aromatic rings. The third-order valence-corrected chi connectivity index (χ3v) is 6.46. The lowest BCUT2D eigenvalue weighted by atomic mass is 9.95. The molecule has 0 radical (unpaired) electrons. The van der Waals surface area contributed by atoms with Gasteiger partial charge in [0.15, 0.2) is 0 Å². The largest absolute Gasteiger partial charge is 0.322 e. The summed E-state index contributed by atoms with van der Waals surface area (Å²) in [5.74, 6) is -0.738. The van der Waals surface area contributed by atoms with Gasteiger partial charge in [0.2, 0.25) is 11.8 Å². The van der Waals surface area contributed by atoms with Gasteiger partial charge in [0.05, 0.1) is 0 Å². The number of amides is 3. The molecule has 27 heavy (non-hydrogen) atoms. The first kappa shape index (κ1) is 16.9. The van der Waals surface area contributed by atoms with Gasteiger partial charge < -0.3 is 15.5 Å². The van der Waals surface area contributed by atoms with Crippen molar-refractivity contribution in [2.24, 2.45) is 0 Å². The first-order valence-electron chi connectivity index (χ1n) is 9.84. The van der Waals surface area contributed by atoms with Gasteiger partial charge in [-0.05, 0) is 42.9 Å². The SMILES string of the molecule is O=C1CCC(N2Cc3cc(CN[C@@H]4C[C@H]5CC[C@@H]4N5)ccc3C2=O)C(=O)N1. The number of imide groups is 1. The minimum atomic E-state index is -0.552. The van der Waals surface area contributed by atoms with Crippen LogP contribution in [0.25, 0.3) is 0 Å². The van der Waals surface area contributed by atoms with E-state index in [9.17, 15) is 14.4 Å². The normalized spacial score (nSPS) is 32.1. The third-order valence-electron chi connectivity index (χ3n) is 6.46. The van der Waals surface area contributed by atoms with Crippen LogP contribution in [0.3, 0.4) is 0 Å². The summed E-state index contributed by atoms with van der Waals surface area (Å²) in [5.41, 5.74) is 2.80. The van der Waals surface area contributed by atoms with E-state index < -0.39 is 6.04 Å². The topological polar surface area (TPSA) is 90.5 Å². The zero-order valence-corrected chi connectivity index (χ0v) is 15.2. The molecule has 0 aromatic heterocycles. The van der Waals surface area contributed by atoms with Crippen molar-refractivity contribution in [3.05, 3.63) is 34.9 Å². The molecule has 4 heterocycles. The number of hydrogen-bond donors (Lipinski definition) is 3. The van der Waals surface area contributed by atoms with Crippen LogP contribution in [0.2, 0.25) is 0 Å². The molecule has 4 aliphatic heterocycles. The monoisotopic (exact) mass is 368 g/mol. The molecule has 2 bridgehead atoms. The Morgan fingerprint density at radius 1 is 1.15 bits per heavy atom. The summed E-state index contributed by atoms with van der Waals surface area (Å²) in [6.45, 7) is 1.22. The van der Waals surface area contributed by atoms with Gasteiger partial charge in [0, 0.05) is 43.2 Å². The quantitative estimate of drug-likeness (QED) is 0.671. The molecule has 4 aliphatic rings. The summed E-state index contributed by atoms with van der Waals surface area (Å²) in [6, 6.07) is 7.19.